The molecule has 2 N–H and O–H groups in total. The van der Waals surface area contributed by atoms with Crippen molar-refractivity contribution in [3.05, 3.63) is 34.9 Å². The van der Waals surface area contributed by atoms with Crippen LogP contribution in [0.2, 0.25) is 0 Å². The van der Waals surface area contributed by atoms with E-state index in [-0.39, 0.29) is 17.2 Å². The molecule has 27 heavy (non-hydrogen) atoms. The highest BCUT2D eigenvalue weighted by Crippen LogP contribution is 2.52. The maximum atomic E-state index is 12.9. The highest BCUT2D eigenvalue weighted by Gasteiger charge is 2.49. The van der Waals surface area contributed by atoms with Crippen molar-refractivity contribution in [3.63, 3.8) is 0 Å². The summed E-state index contributed by atoms with van der Waals surface area (Å²) in [7, 11) is -1.26. The summed E-state index contributed by atoms with van der Waals surface area (Å²) in [6, 6.07) is 5.62. The van der Waals surface area contributed by atoms with E-state index in [1.807, 2.05) is 39.0 Å². The Morgan fingerprint density at radius 2 is 1.89 bits per heavy atom. The normalized spacial score (nSPS) is 22.5. The molecule has 1 heterocycles. The second-order valence-electron chi connectivity index (χ2n) is 8.71. The van der Waals surface area contributed by atoms with Crippen LogP contribution in [0.4, 0.5) is 4.79 Å². The molecule has 0 aromatic heterocycles. The molecule has 1 aliphatic carbocycles. The van der Waals surface area contributed by atoms with Crippen molar-refractivity contribution in [1.29, 1.82) is 0 Å². The van der Waals surface area contributed by atoms with Crippen LogP contribution in [0.1, 0.15) is 68.1 Å². The first-order valence-electron chi connectivity index (χ1n) is 9.33. The number of piperidine rings is 1. The summed E-state index contributed by atoms with van der Waals surface area (Å²) in [6.07, 6.45) is 1.35. The molecule has 1 unspecified atom stereocenters. The molecule has 1 aromatic rings. The Hall–Kier alpha value is -1.73. The van der Waals surface area contributed by atoms with Gasteiger partial charge in [-0.3, -0.25) is 4.79 Å². The van der Waals surface area contributed by atoms with Crippen LogP contribution in [0.3, 0.4) is 0 Å². The van der Waals surface area contributed by atoms with Crippen molar-refractivity contribution in [2.75, 3.05) is 13.1 Å². The van der Waals surface area contributed by atoms with E-state index >= 15 is 0 Å². The van der Waals surface area contributed by atoms with Gasteiger partial charge in [0.05, 0.1) is 21.8 Å². The van der Waals surface area contributed by atoms with Gasteiger partial charge in [0.2, 0.25) is 0 Å². The maximum Gasteiger partial charge on any atom is 0.407 e. The minimum atomic E-state index is -1.26. The van der Waals surface area contributed by atoms with Crippen molar-refractivity contribution in [1.82, 2.24) is 9.62 Å². The molecule has 1 aromatic carbocycles. The van der Waals surface area contributed by atoms with Crippen molar-refractivity contribution in [2.24, 2.45) is 5.41 Å². The monoisotopic (exact) mass is 392 g/mol. The third-order valence-electron chi connectivity index (χ3n) is 5.83. The number of nitrogens with zero attached hydrogens (tertiary/aromatic N) is 1. The zero-order valence-electron chi connectivity index (χ0n) is 16.4. The third-order valence-corrected chi connectivity index (χ3v) is 7.39. The average molecular weight is 393 g/mol. The summed E-state index contributed by atoms with van der Waals surface area (Å²) in [5, 5.41) is 9.28. The van der Waals surface area contributed by atoms with Gasteiger partial charge < -0.3 is 10.0 Å². The van der Waals surface area contributed by atoms with Crippen LogP contribution in [0, 0.1) is 5.41 Å². The van der Waals surface area contributed by atoms with E-state index in [1.165, 1.54) is 4.90 Å². The van der Waals surface area contributed by atoms with Gasteiger partial charge in [-0.1, -0.05) is 12.1 Å². The molecule has 148 valence electrons. The molecule has 2 aliphatic rings. The summed E-state index contributed by atoms with van der Waals surface area (Å²) in [5.74, 6) is 0.00939. The molecule has 1 spiro atoms. The van der Waals surface area contributed by atoms with E-state index in [2.05, 4.69) is 4.72 Å². The summed E-state index contributed by atoms with van der Waals surface area (Å²) >= 11 is 0. The van der Waals surface area contributed by atoms with Crippen LogP contribution in [0.5, 0.6) is 0 Å². The number of likely N-dealkylation sites (tertiary alicyclic amines) is 1. The third kappa shape index (κ3) is 3.80. The molecule has 1 fully saturated rings. The predicted octanol–water partition coefficient (Wildman–Crippen LogP) is 3.30. The fraction of sp³-hybridized carbons (Fsp3) is 0.600. The van der Waals surface area contributed by atoms with Crippen molar-refractivity contribution in [3.8, 4) is 0 Å². The Morgan fingerprint density at radius 1 is 1.26 bits per heavy atom. The Bertz CT molecular complexity index is 792. The van der Waals surface area contributed by atoms with Crippen molar-refractivity contribution < 1.29 is 18.9 Å². The number of carboxylic acid groups (broad SMARTS) is 1. The number of amides is 1. The Labute approximate surface area is 162 Å². The van der Waals surface area contributed by atoms with E-state index < -0.39 is 21.8 Å². The Morgan fingerprint density at radius 3 is 2.41 bits per heavy atom. The van der Waals surface area contributed by atoms with Crippen LogP contribution >= 0.6 is 0 Å². The SMILES string of the molecule is CC(=O)c1ccc2c(c1)[C@@H](NS(=O)C(C)(C)C)C1(CCN(C(=O)O)CC1)C2. The molecule has 1 amide bonds. The predicted molar refractivity (Wildman–Crippen MR) is 105 cm³/mol. The molecule has 2 atom stereocenters. The first-order chi connectivity index (χ1) is 12.5. The summed E-state index contributed by atoms with van der Waals surface area (Å²) < 4.78 is 15.8. The van der Waals surface area contributed by atoms with Gasteiger partial charge >= 0.3 is 6.09 Å². The van der Waals surface area contributed by atoms with E-state index in [1.54, 1.807) is 6.92 Å². The molecule has 7 heteroatoms. The Balaban J connectivity index is 1.97. The van der Waals surface area contributed by atoms with Crippen LogP contribution in [-0.4, -0.2) is 43.9 Å². The average Bonchev–Trinajstić information content (AvgIpc) is 2.87. The van der Waals surface area contributed by atoms with Gasteiger partial charge in [0.1, 0.15) is 0 Å². The van der Waals surface area contributed by atoms with E-state index in [0.717, 1.165) is 17.5 Å². The lowest BCUT2D eigenvalue weighted by molar-refractivity contribution is 0.0767. The molecule has 0 bridgehead atoms. The first kappa shape index (κ1) is 20.0. The summed E-state index contributed by atoms with van der Waals surface area (Å²) in [4.78, 5) is 24.6. The number of Topliss-reactive ketones (excluding diaryl/α,β-unsaturated/α-hetero) is 1. The molecule has 6 nitrogen and oxygen atoms in total. The highest BCUT2D eigenvalue weighted by molar-refractivity contribution is 7.84. The number of ketones is 1. The lowest BCUT2D eigenvalue weighted by Crippen LogP contribution is -2.48. The second kappa shape index (κ2) is 7.02. The van der Waals surface area contributed by atoms with Gasteiger partial charge in [0.25, 0.3) is 0 Å². The topological polar surface area (TPSA) is 86.7 Å². The molecular weight excluding hydrogens is 364 g/mol. The number of carbonyl (C=O) groups is 2. The first-order valence-corrected chi connectivity index (χ1v) is 10.5. The molecule has 1 aliphatic heterocycles. The van der Waals surface area contributed by atoms with Crippen LogP contribution in [-0.2, 0) is 17.4 Å². The molecule has 0 radical (unpaired) electrons. The van der Waals surface area contributed by atoms with E-state index in [9.17, 15) is 18.9 Å². The number of carbonyl (C=O) groups excluding carboxylic acids is 1. The maximum absolute atomic E-state index is 12.9. The minimum absolute atomic E-state index is 0.00939. The van der Waals surface area contributed by atoms with E-state index in [0.29, 0.717) is 31.5 Å². The lowest BCUT2D eigenvalue weighted by atomic mass is 9.73. The molecule has 3 rings (SSSR count). The number of rotatable bonds is 3. The van der Waals surface area contributed by atoms with Gasteiger partial charge in [0.15, 0.2) is 5.78 Å². The zero-order chi connectivity index (χ0) is 20.0. The molecular formula is C20H28N2O4S. The van der Waals surface area contributed by atoms with Crippen LogP contribution < -0.4 is 4.72 Å². The number of benzene rings is 1. The van der Waals surface area contributed by atoms with Gasteiger partial charge in [-0.2, -0.15) is 0 Å². The molecule has 1 saturated heterocycles. The van der Waals surface area contributed by atoms with Crippen LogP contribution in [0.25, 0.3) is 0 Å². The number of fused-ring (bicyclic) bond motifs is 1. The largest absolute Gasteiger partial charge is 0.465 e. The standard InChI is InChI=1S/C20H28N2O4S/c1-13(23)14-5-6-15-12-20(7-9-22(10-8-20)18(24)25)17(16(15)11-14)21-27(26)19(2,3)4/h5-6,11,17,21H,7-10,12H2,1-4H3,(H,24,25)/t17-,27?/m1/s1. The summed E-state index contributed by atoms with van der Waals surface area (Å²) in [6.45, 7) is 8.28. The van der Waals surface area contributed by atoms with Gasteiger partial charge in [-0.25, -0.2) is 13.7 Å². The lowest BCUT2D eigenvalue weighted by Gasteiger charge is -2.43. The number of hydrogen-bond acceptors (Lipinski definition) is 3. The molecule has 0 saturated carbocycles. The van der Waals surface area contributed by atoms with E-state index in [4.69, 9.17) is 0 Å². The summed E-state index contributed by atoms with van der Waals surface area (Å²) in [5.41, 5.74) is 2.67. The minimum Gasteiger partial charge on any atom is -0.465 e. The highest BCUT2D eigenvalue weighted by atomic mass is 32.2. The van der Waals surface area contributed by atoms with Gasteiger partial charge in [-0.05, 0) is 69.6 Å². The van der Waals surface area contributed by atoms with Crippen molar-refractivity contribution in [2.45, 2.75) is 57.7 Å². The number of hydrogen-bond donors (Lipinski definition) is 2. The fourth-order valence-corrected chi connectivity index (χ4v) is 5.08. The zero-order valence-corrected chi connectivity index (χ0v) is 17.2. The smallest absolute Gasteiger partial charge is 0.407 e. The number of nitrogens with one attached hydrogen (secondary N) is 1. The Kier molecular flexibility index (Phi) is 5.20. The van der Waals surface area contributed by atoms with Gasteiger partial charge in [-0.15, -0.1) is 0 Å². The quantitative estimate of drug-likeness (QED) is 0.773. The van der Waals surface area contributed by atoms with Gasteiger partial charge in [0, 0.05) is 18.7 Å². The fourth-order valence-electron chi connectivity index (χ4n) is 4.14. The second-order valence-corrected chi connectivity index (χ2v) is 10.7. The van der Waals surface area contributed by atoms with Crippen LogP contribution in [0.15, 0.2) is 18.2 Å². The van der Waals surface area contributed by atoms with Crippen molar-refractivity contribution >= 4 is 22.9 Å².